The van der Waals surface area contributed by atoms with Crippen molar-refractivity contribution in [1.29, 1.82) is 0 Å². The van der Waals surface area contributed by atoms with Gasteiger partial charge in [-0.1, -0.05) is 125 Å². The number of nitrogens with zero attached hydrogens (tertiary/aromatic N) is 5. The fourth-order valence-electron chi connectivity index (χ4n) is 16.2. The van der Waals surface area contributed by atoms with Crippen LogP contribution in [0.2, 0.25) is 0 Å². The lowest BCUT2D eigenvalue weighted by Crippen LogP contribution is -2.28. The van der Waals surface area contributed by atoms with Crippen molar-refractivity contribution in [3.8, 4) is 0 Å². The van der Waals surface area contributed by atoms with Crippen molar-refractivity contribution in [1.82, 2.24) is 10.7 Å². The summed E-state index contributed by atoms with van der Waals surface area (Å²) in [6, 6.07) is 32.9. The van der Waals surface area contributed by atoms with E-state index in [0.717, 1.165) is 138 Å². The number of rotatable bonds is 37. The second-order valence-corrected chi connectivity index (χ2v) is 39.8. The third kappa shape index (κ3) is 22.2. The van der Waals surface area contributed by atoms with Gasteiger partial charge < -0.3 is 15.1 Å². The number of thioether (sulfide) groups is 2. The monoisotopic (exact) mass is 1630 g/mol. The second kappa shape index (κ2) is 36.9. The van der Waals surface area contributed by atoms with Crippen LogP contribution in [0.1, 0.15) is 180 Å². The molecule has 27 heteroatoms. The average Bonchev–Trinajstić information content (AvgIpc) is 1.62. The van der Waals surface area contributed by atoms with E-state index >= 15 is 0 Å². The number of hydrogen-bond acceptors (Lipinski definition) is 15. The quantitative estimate of drug-likeness (QED) is 0.00804. The van der Waals surface area contributed by atoms with Crippen molar-refractivity contribution < 1.29 is 70.6 Å². The number of fused-ring (bicyclic) bond motifs is 4. The number of carbonyl (C=O) groups excluding carboxylic acids is 2. The van der Waals surface area contributed by atoms with E-state index in [9.17, 15) is 61.5 Å². The molecule has 6 aliphatic rings. The van der Waals surface area contributed by atoms with Crippen LogP contribution in [0.3, 0.4) is 0 Å². The number of hydrazone groups is 1. The van der Waals surface area contributed by atoms with Gasteiger partial charge in [0.25, 0.3) is 40.5 Å². The van der Waals surface area contributed by atoms with Gasteiger partial charge in [0.2, 0.25) is 23.2 Å². The Morgan fingerprint density at radius 3 is 1.23 bits per heavy atom. The second-order valence-electron chi connectivity index (χ2n) is 31.3. The summed E-state index contributed by atoms with van der Waals surface area (Å²) in [6.45, 7) is 19.7. The van der Waals surface area contributed by atoms with Crippen molar-refractivity contribution in [2.45, 2.75) is 180 Å². The Labute approximate surface area is 666 Å². The molecule has 10 rings (SSSR count). The zero-order valence-corrected chi connectivity index (χ0v) is 70.0. The van der Waals surface area contributed by atoms with Gasteiger partial charge in [0.15, 0.2) is 11.4 Å². The van der Waals surface area contributed by atoms with Crippen LogP contribution in [0, 0.1) is 0 Å². The number of anilines is 2. The van der Waals surface area contributed by atoms with Gasteiger partial charge >= 0.3 is 0 Å². The van der Waals surface area contributed by atoms with Gasteiger partial charge in [-0.2, -0.15) is 47.9 Å². The van der Waals surface area contributed by atoms with Crippen LogP contribution in [-0.2, 0) is 71.7 Å². The number of hydrogen-bond donors (Lipinski definition) is 6. The Hall–Kier alpha value is -7.31. The van der Waals surface area contributed by atoms with Crippen LogP contribution in [0.4, 0.5) is 22.7 Å². The SMILES string of the molecule is CC1(C)C(=CC=C2CCCC(C=CC3=[N+](CCCCS(=O)(=O)O)c4ccccc4C3(C)C)=C2SCCC(=O)NC/C=N\NC(=O)CCSC2=C(C=CC3=[N+](CCCCS(=O)(=O)O)c4ccccc4C3(C)C)CCCC2=CC=C2N(CCCCS(=O)(=O)O)c3ccccc3C2(C)C)N(CCCCS(=O)(=O)O)c2ccccc21. The first kappa shape index (κ1) is 86.1. The van der Waals surface area contributed by atoms with Crippen molar-refractivity contribution in [3.05, 3.63) is 211 Å². The number of allylic oxidation sites excluding steroid dienone is 14. The van der Waals surface area contributed by atoms with Crippen molar-refractivity contribution >= 4 is 116 Å². The molecule has 111 heavy (non-hydrogen) atoms. The summed E-state index contributed by atoms with van der Waals surface area (Å²) in [5, 5.41) is 7.19. The normalized spacial score (nSPS) is 19.7. The number of benzene rings is 4. The summed E-state index contributed by atoms with van der Waals surface area (Å²) in [5.41, 5.74) is 18.5. The van der Waals surface area contributed by atoms with E-state index in [1.165, 1.54) is 6.21 Å². The predicted octanol–water partition coefficient (Wildman–Crippen LogP) is 15.5. The van der Waals surface area contributed by atoms with E-state index in [2.05, 4.69) is 187 Å². The molecule has 21 nitrogen and oxygen atoms in total. The molecule has 0 saturated heterocycles. The highest BCUT2D eigenvalue weighted by atomic mass is 32.2. The topological polar surface area (TPSA) is 301 Å². The summed E-state index contributed by atoms with van der Waals surface area (Å²) < 4.78 is 136. The van der Waals surface area contributed by atoms with Gasteiger partial charge in [0, 0.05) is 135 Å². The first-order valence-corrected chi connectivity index (χ1v) is 46.9. The van der Waals surface area contributed by atoms with Crippen molar-refractivity contribution in [3.63, 3.8) is 0 Å². The largest absolute Gasteiger partial charge is 0.351 e. The van der Waals surface area contributed by atoms with Gasteiger partial charge in [0.1, 0.15) is 13.1 Å². The highest BCUT2D eigenvalue weighted by Gasteiger charge is 2.47. The molecule has 4 aromatic rings. The highest BCUT2D eigenvalue weighted by molar-refractivity contribution is 8.03. The van der Waals surface area contributed by atoms with Crippen LogP contribution >= 0.6 is 23.5 Å². The minimum atomic E-state index is -4.12. The molecular formula is C84H109N7O14S6+2. The molecule has 4 heterocycles. The Bertz CT molecular complexity index is 5020. The molecule has 0 bridgehead atoms. The van der Waals surface area contributed by atoms with Crippen molar-refractivity contribution in [2.75, 3.05) is 77.0 Å². The summed E-state index contributed by atoms with van der Waals surface area (Å²) in [5.74, 6) is -0.918. The lowest BCUT2D eigenvalue weighted by molar-refractivity contribution is -0.438. The van der Waals surface area contributed by atoms with Gasteiger partial charge in [-0.05, 0) is 162 Å². The summed E-state index contributed by atoms with van der Waals surface area (Å²) >= 11 is 3.23. The van der Waals surface area contributed by atoms with E-state index in [1.807, 2.05) is 48.5 Å². The fraction of sp³-hybridized carbons (Fsp3) is 0.464. The summed E-state index contributed by atoms with van der Waals surface area (Å²) in [6.07, 6.45) is 27.4. The number of amides is 2. The Morgan fingerprint density at radius 1 is 0.459 bits per heavy atom. The lowest BCUT2D eigenvalue weighted by Gasteiger charge is -2.27. The maximum absolute atomic E-state index is 13.7. The molecule has 4 aromatic carbocycles. The number of nitrogens with one attached hydrogen (secondary N) is 2. The zero-order valence-electron chi connectivity index (χ0n) is 65.1. The minimum Gasteiger partial charge on any atom is -0.351 e. The molecular weight excluding hydrogens is 1520 g/mol. The molecule has 0 spiro atoms. The third-order valence-electron chi connectivity index (χ3n) is 21.9. The van der Waals surface area contributed by atoms with E-state index in [1.54, 1.807) is 23.5 Å². The maximum Gasteiger partial charge on any atom is 0.264 e. The third-order valence-corrected chi connectivity index (χ3v) is 27.5. The minimum absolute atomic E-state index is 0.0700. The maximum atomic E-state index is 13.7. The van der Waals surface area contributed by atoms with Gasteiger partial charge in [-0.25, -0.2) is 5.43 Å². The molecule has 0 atom stereocenters. The first-order valence-electron chi connectivity index (χ1n) is 38.5. The molecule has 6 N–H and O–H groups in total. The molecule has 0 fully saturated rings. The fourth-order valence-corrected chi connectivity index (χ4v) is 20.9. The predicted molar refractivity (Wildman–Crippen MR) is 451 cm³/mol. The average molecular weight is 1630 g/mol. The Kier molecular flexibility index (Phi) is 28.6. The zero-order chi connectivity index (χ0) is 80.2. The van der Waals surface area contributed by atoms with E-state index in [4.69, 9.17) is 0 Å². The molecule has 0 unspecified atom stereocenters. The van der Waals surface area contributed by atoms with Crippen molar-refractivity contribution in [2.24, 2.45) is 5.10 Å². The van der Waals surface area contributed by atoms with E-state index in [0.29, 0.717) is 89.1 Å². The molecule has 598 valence electrons. The molecule has 4 aliphatic heterocycles. The van der Waals surface area contributed by atoms with Crippen LogP contribution in [0.5, 0.6) is 0 Å². The number of unbranched alkanes of at least 4 members (excludes halogenated alkanes) is 4. The molecule has 2 amide bonds. The Morgan fingerprint density at radius 2 is 0.829 bits per heavy atom. The van der Waals surface area contributed by atoms with Gasteiger partial charge in [-0.3, -0.25) is 27.8 Å². The standard InChI is InChI=1S/C84H107N7O14S6/c1-81(2)65-31-9-13-35-69(65)88(51-17-21-57-108(94,95)96)73(81)43-39-61-27-25-28-62(40-44-74-82(3,4)66-32-10-14-36-70(66)89(74)52-18-22-58-109(97,98)99)79(61)106-55-47-77(92)85-49-50-86-87-78(93)48-56-107-80-63(41-45-75-83(5,6)67-33-11-15-37-71(67)90(75)53-19-23-59-110(100,101)102)29-26-30-64(80)42-46-76-84(7,8)68-34-12-16-38-72(68)91(76)54-20-24-60-111(103,104)105/h9-16,31-46,50H,17-30,47-49,51-60H2,1-8H3,(H4-2,85,87,92,93,94,95,96,97,98,99,100,101,102,103,104,105)/p+2/b86-50-. The van der Waals surface area contributed by atoms with Gasteiger partial charge in [0.05, 0.1) is 40.4 Å². The summed E-state index contributed by atoms with van der Waals surface area (Å²) in [7, 11) is -16.5. The van der Waals surface area contributed by atoms with Crippen LogP contribution in [0.15, 0.2) is 194 Å². The molecule has 0 saturated carbocycles. The number of carbonyl (C=O) groups is 2. The van der Waals surface area contributed by atoms with Crippen LogP contribution < -0.4 is 20.5 Å². The smallest absolute Gasteiger partial charge is 0.264 e. The van der Waals surface area contributed by atoms with Crippen LogP contribution in [-0.4, -0.2) is 158 Å². The van der Waals surface area contributed by atoms with E-state index in [-0.39, 0.29) is 54.2 Å². The van der Waals surface area contributed by atoms with E-state index < -0.39 is 62.1 Å². The van der Waals surface area contributed by atoms with Crippen LogP contribution in [0.25, 0.3) is 0 Å². The number of para-hydroxylation sites is 4. The Balaban J connectivity index is 0.850. The molecule has 0 radical (unpaired) electrons. The summed E-state index contributed by atoms with van der Waals surface area (Å²) in [4.78, 5) is 34.1. The van der Waals surface area contributed by atoms with Gasteiger partial charge in [-0.15, -0.1) is 23.5 Å². The highest BCUT2D eigenvalue weighted by Crippen LogP contribution is 2.51. The molecule has 2 aliphatic carbocycles. The lowest BCUT2D eigenvalue weighted by atomic mass is 9.81. The molecule has 0 aromatic heterocycles. The first-order chi connectivity index (χ1) is 52.5.